The smallest absolute Gasteiger partial charge is 0.145 e. The largest absolute Gasteiger partial charge is 0.457 e. The van der Waals surface area contributed by atoms with Gasteiger partial charge in [-0.05, 0) is 55.0 Å². The molecule has 0 aliphatic carbocycles. The summed E-state index contributed by atoms with van der Waals surface area (Å²) in [6.07, 6.45) is 11.8. The van der Waals surface area contributed by atoms with Gasteiger partial charge in [0, 0.05) is 18.3 Å². The van der Waals surface area contributed by atoms with E-state index in [9.17, 15) is 0 Å². The summed E-state index contributed by atoms with van der Waals surface area (Å²) < 4.78 is 6.91. The normalized spacial score (nSPS) is 12.4. The fraction of sp³-hybridized carbons (Fsp3) is 0.240. The van der Waals surface area contributed by atoms with Crippen molar-refractivity contribution >= 4 is 34.4 Å². The molecular weight excluding hydrogens is 394 g/mol. The van der Waals surface area contributed by atoms with E-state index in [1.54, 1.807) is 17.8 Å². The van der Waals surface area contributed by atoms with E-state index < -0.39 is 0 Å². The molecule has 0 atom stereocenters. The fourth-order valence-corrected chi connectivity index (χ4v) is 4.21. The first-order valence-corrected chi connectivity index (χ1v) is 11.0. The number of nitrogens with zero attached hydrogens (tertiary/aromatic N) is 1. The minimum atomic E-state index is 0.803. The van der Waals surface area contributed by atoms with Crippen molar-refractivity contribution in [1.82, 2.24) is 4.90 Å². The summed E-state index contributed by atoms with van der Waals surface area (Å²) in [7, 11) is 1.99. The quantitative estimate of drug-likeness (QED) is 0.316. The molecule has 0 aliphatic heterocycles. The van der Waals surface area contributed by atoms with Crippen LogP contribution in [0.15, 0.2) is 82.3 Å². The number of hydrogen-bond acceptors (Lipinski definition) is 3. The molecule has 4 heteroatoms. The first kappa shape index (κ1) is 23.0. The van der Waals surface area contributed by atoms with Gasteiger partial charge >= 0.3 is 0 Å². The Kier molecular flexibility index (Phi) is 9.23. The lowest BCUT2D eigenvalue weighted by molar-refractivity contribution is 0.571. The van der Waals surface area contributed by atoms with E-state index in [0.29, 0.717) is 0 Å². The maximum atomic E-state index is 6.11. The van der Waals surface area contributed by atoms with Gasteiger partial charge in [0.15, 0.2) is 0 Å². The van der Waals surface area contributed by atoms with E-state index in [1.165, 1.54) is 10.5 Å². The van der Waals surface area contributed by atoms with Crippen molar-refractivity contribution in [3.63, 3.8) is 0 Å². The first-order chi connectivity index (χ1) is 14.0. The molecule has 0 amide bonds. The van der Waals surface area contributed by atoms with Crippen molar-refractivity contribution in [2.75, 3.05) is 7.05 Å². The highest BCUT2D eigenvalue weighted by Crippen LogP contribution is 2.31. The molecule has 1 aromatic heterocycles. The van der Waals surface area contributed by atoms with Gasteiger partial charge in [-0.1, -0.05) is 86.4 Å². The summed E-state index contributed by atoms with van der Waals surface area (Å²) in [5.41, 5.74) is 3.37. The fourth-order valence-electron chi connectivity index (χ4n) is 2.84. The molecule has 0 saturated heterocycles. The highest BCUT2D eigenvalue weighted by atomic mass is 32.2. The summed E-state index contributed by atoms with van der Waals surface area (Å²) in [6.45, 7) is 10.0. The summed E-state index contributed by atoms with van der Waals surface area (Å²) in [4.78, 5) is 3.21. The molecule has 0 bridgehead atoms. The van der Waals surface area contributed by atoms with Crippen LogP contribution in [-0.2, 0) is 0 Å². The Balaban J connectivity index is 2.20. The highest BCUT2D eigenvalue weighted by molar-refractivity contribution is 8.25. The average molecular weight is 424 g/mol. The van der Waals surface area contributed by atoms with Gasteiger partial charge in [-0.2, -0.15) is 0 Å². The number of aryl methyl sites for hydroxylation is 1. The minimum absolute atomic E-state index is 0.803. The van der Waals surface area contributed by atoms with Gasteiger partial charge in [-0.25, -0.2) is 0 Å². The Bertz CT molecular complexity index is 934. The zero-order valence-corrected chi connectivity index (χ0v) is 19.3. The first-order valence-electron chi connectivity index (χ1n) is 9.77. The van der Waals surface area contributed by atoms with Gasteiger partial charge in [0.25, 0.3) is 0 Å². The molecule has 0 N–H and O–H groups in total. The molecule has 152 valence electrons. The number of hydrogen-bond donors (Lipinski definition) is 0. The lowest BCUT2D eigenvalue weighted by atomic mass is 10.1. The molecule has 0 spiro atoms. The Morgan fingerprint density at radius 2 is 2.00 bits per heavy atom. The SMILES string of the molecule is C=C/C=C\C(=C/C)N(C)C(=S)S/C(=C/c1ccc(-c2ccccc2C)o1)CCC. The lowest BCUT2D eigenvalue weighted by Gasteiger charge is -2.21. The van der Waals surface area contributed by atoms with Crippen LogP contribution in [0.4, 0.5) is 0 Å². The zero-order chi connectivity index (χ0) is 21.2. The van der Waals surface area contributed by atoms with E-state index in [2.05, 4.69) is 38.6 Å². The Hall–Kier alpha value is -2.30. The molecule has 2 rings (SSSR count). The van der Waals surface area contributed by atoms with E-state index in [-0.39, 0.29) is 0 Å². The van der Waals surface area contributed by atoms with E-state index in [4.69, 9.17) is 16.6 Å². The second-order valence-corrected chi connectivity index (χ2v) is 8.37. The van der Waals surface area contributed by atoms with Crippen molar-refractivity contribution in [3.8, 4) is 11.3 Å². The standard InChI is InChI=1S/C25H29NOS2/c1-6-9-14-20(8-3)26(5)25(28)29-22(12-7-2)18-21-16-17-24(27-21)23-15-11-10-13-19(23)4/h6,8-11,13-18H,1,7,12H2,2-5H3/b14-9-,20-8+,22-18+. The average Bonchev–Trinajstić information content (AvgIpc) is 3.17. The van der Waals surface area contributed by atoms with Crippen LogP contribution in [0.3, 0.4) is 0 Å². The van der Waals surface area contributed by atoms with Crippen molar-refractivity contribution in [2.24, 2.45) is 0 Å². The third-order valence-electron chi connectivity index (χ3n) is 4.42. The van der Waals surface area contributed by atoms with E-state index >= 15 is 0 Å². The lowest BCUT2D eigenvalue weighted by Crippen LogP contribution is -2.20. The van der Waals surface area contributed by atoms with Crippen LogP contribution < -0.4 is 0 Å². The van der Waals surface area contributed by atoms with Crippen molar-refractivity contribution < 1.29 is 4.42 Å². The predicted octanol–water partition coefficient (Wildman–Crippen LogP) is 7.99. The number of benzene rings is 1. The molecule has 0 radical (unpaired) electrons. The number of rotatable bonds is 8. The second kappa shape index (κ2) is 11.6. The van der Waals surface area contributed by atoms with Gasteiger partial charge in [0.1, 0.15) is 15.8 Å². The van der Waals surface area contributed by atoms with Crippen LogP contribution >= 0.6 is 24.0 Å². The van der Waals surface area contributed by atoms with Crippen LogP contribution in [0.25, 0.3) is 17.4 Å². The molecule has 1 aromatic carbocycles. The highest BCUT2D eigenvalue weighted by Gasteiger charge is 2.12. The van der Waals surface area contributed by atoms with Crippen LogP contribution in [0, 0.1) is 6.92 Å². The molecule has 0 fully saturated rings. The second-order valence-electron chi connectivity index (χ2n) is 6.61. The topological polar surface area (TPSA) is 16.4 Å². The summed E-state index contributed by atoms with van der Waals surface area (Å²) >= 11 is 7.31. The van der Waals surface area contributed by atoms with Crippen LogP contribution in [0.2, 0.25) is 0 Å². The Morgan fingerprint density at radius 1 is 1.24 bits per heavy atom. The van der Waals surface area contributed by atoms with Crippen molar-refractivity contribution in [1.29, 1.82) is 0 Å². The van der Waals surface area contributed by atoms with Crippen molar-refractivity contribution in [3.05, 3.63) is 89.2 Å². The molecule has 29 heavy (non-hydrogen) atoms. The molecule has 2 nitrogen and oxygen atoms in total. The van der Waals surface area contributed by atoms with Crippen LogP contribution in [-0.4, -0.2) is 16.3 Å². The Morgan fingerprint density at radius 3 is 2.66 bits per heavy atom. The minimum Gasteiger partial charge on any atom is -0.457 e. The molecule has 1 heterocycles. The zero-order valence-electron chi connectivity index (χ0n) is 17.6. The summed E-state index contributed by atoms with van der Waals surface area (Å²) in [5.74, 6) is 1.74. The molecule has 0 saturated carbocycles. The van der Waals surface area contributed by atoms with Crippen LogP contribution in [0.1, 0.15) is 38.0 Å². The number of likely N-dealkylation sites (N-methyl/N-ethyl adjacent to an activating group) is 1. The molecule has 2 aromatic rings. The third-order valence-corrected chi connectivity index (χ3v) is 5.97. The predicted molar refractivity (Wildman–Crippen MR) is 133 cm³/mol. The van der Waals surface area contributed by atoms with Gasteiger partial charge in [0.2, 0.25) is 0 Å². The molecular formula is C25H29NOS2. The maximum absolute atomic E-state index is 6.11. The third kappa shape index (κ3) is 6.62. The van der Waals surface area contributed by atoms with Gasteiger partial charge in [0.05, 0.1) is 0 Å². The van der Waals surface area contributed by atoms with Gasteiger partial charge < -0.3 is 9.32 Å². The monoisotopic (exact) mass is 423 g/mol. The Labute approximate surface area is 184 Å². The van der Waals surface area contributed by atoms with Crippen LogP contribution in [0.5, 0.6) is 0 Å². The van der Waals surface area contributed by atoms with Crippen molar-refractivity contribution in [2.45, 2.75) is 33.6 Å². The number of thioether (sulfide) groups is 1. The number of thiocarbonyl (C=S) groups is 1. The van der Waals surface area contributed by atoms with E-state index in [1.807, 2.05) is 61.4 Å². The van der Waals surface area contributed by atoms with Gasteiger partial charge in [-0.3, -0.25) is 0 Å². The number of furan rings is 1. The maximum Gasteiger partial charge on any atom is 0.145 e. The summed E-state index contributed by atoms with van der Waals surface area (Å²) in [5, 5.41) is 0. The molecule has 0 aliphatic rings. The number of allylic oxidation sites excluding steroid dienone is 5. The van der Waals surface area contributed by atoms with Gasteiger partial charge in [-0.15, -0.1) is 0 Å². The molecule has 0 unspecified atom stereocenters. The summed E-state index contributed by atoms with van der Waals surface area (Å²) in [6, 6.07) is 12.3. The van der Waals surface area contributed by atoms with E-state index in [0.717, 1.165) is 39.9 Å².